The highest BCUT2D eigenvalue weighted by atomic mass is 16.6. The number of nitro benzene ring substituents is 1. The van der Waals surface area contributed by atoms with Gasteiger partial charge in [-0.1, -0.05) is 48.0 Å². The summed E-state index contributed by atoms with van der Waals surface area (Å²) in [4.78, 5) is 47.4. The smallest absolute Gasteiger partial charge is 0.339 e. The minimum absolute atomic E-state index is 0.0317. The van der Waals surface area contributed by atoms with Crippen molar-refractivity contribution in [2.24, 2.45) is 5.73 Å². The average Bonchev–Trinajstić information content (AvgIpc) is 2.77. The van der Waals surface area contributed by atoms with Crippen molar-refractivity contribution in [1.82, 2.24) is 0 Å². The van der Waals surface area contributed by atoms with Gasteiger partial charge in [0.25, 0.3) is 5.69 Å². The van der Waals surface area contributed by atoms with Crippen molar-refractivity contribution in [1.29, 1.82) is 0 Å². The monoisotopic (exact) mass is 418 g/mol. The maximum atomic E-state index is 12.9. The van der Waals surface area contributed by atoms with Crippen LogP contribution in [-0.2, 0) is 11.3 Å². The SMILES string of the molecule is Cc1ccc(C(=O)c2ccccc2C(=O)OCc2ccc(C(N)=O)cc2[N+](=O)[O-])cc1. The number of nitro groups is 1. The van der Waals surface area contributed by atoms with E-state index in [0.717, 1.165) is 11.6 Å². The standard InChI is InChI=1S/C23H18N2O6/c1-14-6-8-15(9-7-14)21(26)18-4-2-3-5-19(18)23(28)31-13-17-11-10-16(22(24)27)12-20(17)25(29)30/h2-12H,13H2,1H3,(H2,24,27). The predicted octanol–water partition coefficient (Wildman–Crippen LogP) is 3.59. The number of esters is 1. The van der Waals surface area contributed by atoms with Crippen LogP contribution in [0.4, 0.5) is 5.69 Å². The molecule has 3 aromatic carbocycles. The molecule has 0 atom stereocenters. The highest BCUT2D eigenvalue weighted by Crippen LogP contribution is 2.23. The minimum atomic E-state index is -0.810. The van der Waals surface area contributed by atoms with Crippen LogP contribution in [0.1, 0.15) is 47.8 Å². The molecular weight excluding hydrogens is 400 g/mol. The molecule has 0 aliphatic heterocycles. The number of ether oxygens (including phenoxy) is 1. The van der Waals surface area contributed by atoms with Crippen molar-refractivity contribution in [3.8, 4) is 0 Å². The zero-order valence-electron chi connectivity index (χ0n) is 16.5. The third-order valence-electron chi connectivity index (χ3n) is 4.63. The van der Waals surface area contributed by atoms with Gasteiger partial charge in [0, 0.05) is 22.8 Å². The Hall–Kier alpha value is -4.33. The first kappa shape index (κ1) is 21.4. The van der Waals surface area contributed by atoms with E-state index in [4.69, 9.17) is 10.5 Å². The van der Waals surface area contributed by atoms with E-state index in [0.29, 0.717) is 5.56 Å². The van der Waals surface area contributed by atoms with Gasteiger partial charge < -0.3 is 10.5 Å². The van der Waals surface area contributed by atoms with Crippen molar-refractivity contribution in [3.63, 3.8) is 0 Å². The number of carbonyl (C=O) groups is 3. The molecule has 0 spiro atoms. The number of nitrogens with zero attached hydrogens (tertiary/aromatic N) is 1. The second-order valence-corrected chi connectivity index (χ2v) is 6.78. The van der Waals surface area contributed by atoms with Gasteiger partial charge in [0.05, 0.1) is 16.1 Å². The molecule has 0 aromatic heterocycles. The van der Waals surface area contributed by atoms with E-state index >= 15 is 0 Å². The Morgan fingerprint density at radius 3 is 2.16 bits per heavy atom. The molecule has 156 valence electrons. The molecule has 0 saturated carbocycles. The Morgan fingerprint density at radius 1 is 0.935 bits per heavy atom. The number of primary amides is 1. The van der Waals surface area contributed by atoms with Crippen LogP contribution < -0.4 is 5.73 Å². The van der Waals surface area contributed by atoms with E-state index < -0.39 is 29.1 Å². The first-order valence-corrected chi connectivity index (χ1v) is 9.22. The number of amides is 1. The molecule has 3 aromatic rings. The van der Waals surface area contributed by atoms with Gasteiger partial charge in [-0.15, -0.1) is 0 Å². The van der Waals surface area contributed by atoms with E-state index in [1.165, 1.54) is 24.3 Å². The fourth-order valence-electron chi connectivity index (χ4n) is 2.95. The average molecular weight is 418 g/mol. The minimum Gasteiger partial charge on any atom is -0.457 e. The van der Waals surface area contributed by atoms with Crippen LogP contribution in [0.2, 0.25) is 0 Å². The quantitative estimate of drug-likeness (QED) is 0.270. The highest BCUT2D eigenvalue weighted by Gasteiger charge is 2.21. The summed E-state index contributed by atoms with van der Waals surface area (Å²) in [6, 6.07) is 16.8. The van der Waals surface area contributed by atoms with Crippen molar-refractivity contribution < 1.29 is 24.0 Å². The fraction of sp³-hybridized carbons (Fsp3) is 0.0870. The normalized spacial score (nSPS) is 10.4. The first-order valence-electron chi connectivity index (χ1n) is 9.22. The van der Waals surface area contributed by atoms with Crippen molar-refractivity contribution >= 4 is 23.3 Å². The Bertz CT molecular complexity index is 1180. The number of benzene rings is 3. The van der Waals surface area contributed by atoms with Gasteiger partial charge in [-0.2, -0.15) is 0 Å². The lowest BCUT2D eigenvalue weighted by Gasteiger charge is -2.10. The van der Waals surface area contributed by atoms with Crippen LogP contribution in [0.5, 0.6) is 0 Å². The molecule has 0 heterocycles. The predicted molar refractivity (Wildman–Crippen MR) is 112 cm³/mol. The van der Waals surface area contributed by atoms with Gasteiger partial charge in [-0.25, -0.2) is 4.79 Å². The van der Waals surface area contributed by atoms with Gasteiger partial charge in [0.15, 0.2) is 5.78 Å². The third kappa shape index (κ3) is 4.81. The molecule has 0 aliphatic rings. The van der Waals surface area contributed by atoms with Crippen LogP contribution in [0.25, 0.3) is 0 Å². The summed E-state index contributed by atoms with van der Waals surface area (Å²) in [5.74, 6) is -1.95. The van der Waals surface area contributed by atoms with Crippen LogP contribution in [0.3, 0.4) is 0 Å². The molecule has 1 amide bonds. The van der Waals surface area contributed by atoms with Crippen molar-refractivity contribution in [2.75, 3.05) is 0 Å². The zero-order chi connectivity index (χ0) is 22.5. The molecule has 8 nitrogen and oxygen atoms in total. The summed E-state index contributed by atoms with van der Waals surface area (Å²) in [6.07, 6.45) is 0. The van der Waals surface area contributed by atoms with Gasteiger partial charge in [-0.3, -0.25) is 19.7 Å². The van der Waals surface area contributed by atoms with Crippen LogP contribution in [0, 0.1) is 17.0 Å². The summed E-state index contributed by atoms with van der Waals surface area (Å²) in [7, 11) is 0. The molecule has 0 bridgehead atoms. The highest BCUT2D eigenvalue weighted by molar-refractivity contribution is 6.14. The first-order chi connectivity index (χ1) is 14.8. The summed E-state index contributed by atoms with van der Waals surface area (Å²) in [5.41, 5.74) is 6.44. The summed E-state index contributed by atoms with van der Waals surface area (Å²) < 4.78 is 5.24. The molecule has 2 N–H and O–H groups in total. The number of hydrogen-bond donors (Lipinski definition) is 1. The van der Waals surface area contributed by atoms with E-state index in [2.05, 4.69) is 0 Å². The third-order valence-corrected chi connectivity index (χ3v) is 4.63. The van der Waals surface area contributed by atoms with Crippen LogP contribution in [0.15, 0.2) is 66.7 Å². The van der Waals surface area contributed by atoms with E-state index in [9.17, 15) is 24.5 Å². The number of aryl methyl sites for hydroxylation is 1. The molecule has 3 rings (SSSR count). The largest absolute Gasteiger partial charge is 0.457 e. The van der Waals surface area contributed by atoms with Crippen molar-refractivity contribution in [2.45, 2.75) is 13.5 Å². The molecule has 0 saturated heterocycles. The lowest BCUT2D eigenvalue weighted by atomic mass is 9.98. The fourth-order valence-corrected chi connectivity index (χ4v) is 2.95. The summed E-state index contributed by atoms with van der Waals surface area (Å²) in [5, 5.41) is 11.3. The van der Waals surface area contributed by atoms with Gasteiger partial charge in [0.1, 0.15) is 6.61 Å². The number of nitrogens with two attached hydrogens (primary N) is 1. The van der Waals surface area contributed by atoms with E-state index in [1.807, 2.05) is 6.92 Å². The van der Waals surface area contributed by atoms with E-state index in [1.54, 1.807) is 36.4 Å². The number of hydrogen-bond acceptors (Lipinski definition) is 6. The summed E-state index contributed by atoms with van der Waals surface area (Å²) >= 11 is 0. The van der Waals surface area contributed by atoms with Crippen LogP contribution >= 0.6 is 0 Å². The topological polar surface area (TPSA) is 130 Å². The molecule has 0 aliphatic carbocycles. The molecule has 8 heteroatoms. The molecule has 0 unspecified atom stereocenters. The van der Waals surface area contributed by atoms with Crippen molar-refractivity contribution in [3.05, 3.63) is 110 Å². The van der Waals surface area contributed by atoms with Gasteiger partial charge in [0.2, 0.25) is 5.91 Å². The van der Waals surface area contributed by atoms with E-state index in [-0.39, 0.29) is 28.0 Å². The maximum absolute atomic E-state index is 12.9. The summed E-state index contributed by atoms with van der Waals surface area (Å²) in [6.45, 7) is 1.48. The second kappa shape index (κ2) is 9.00. The Balaban J connectivity index is 1.84. The Kier molecular flexibility index (Phi) is 6.21. The van der Waals surface area contributed by atoms with Gasteiger partial charge >= 0.3 is 5.97 Å². The molecule has 31 heavy (non-hydrogen) atoms. The molecular formula is C23H18N2O6. The Morgan fingerprint density at radius 2 is 1.55 bits per heavy atom. The Labute approximate surface area is 177 Å². The van der Waals surface area contributed by atoms with Gasteiger partial charge in [-0.05, 0) is 25.1 Å². The number of ketones is 1. The second-order valence-electron chi connectivity index (χ2n) is 6.78. The lowest BCUT2D eigenvalue weighted by Crippen LogP contribution is -2.14. The van der Waals surface area contributed by atoms with Crippen LogP contribution in [-0.4, -0.2) is 22.6 Å². The number of rotatable bonds is 7. The maximum Gasteiger partial charge on any atom is 0.339 e. The number of carbonyl (C=O) groups excluding carboxylic acids is 3. The lowest BCUT2D eigenvalue weighted by molar-refractivity contribution is -0.385. The molecule has 0 radical (unpaired) electrons. The molecule has 0 fully saturated rings. The zero-order valence-corrected chi connectivity index (χ0v) is 16.5.